The van der Waals surface area contributed by atoms with E-state index in [2.05, 4.69) is 5.32 Å². The molecule has 6 heteroatoms. The van der Waals surface area contributed by atoms with Gasteiger partial charge in [0, 0.05) is 36.9 Å². The molecule has 1 saturated heterocycles. The van der Waals surface area contributed by atoms with Gasteiger partial charge in [-0.15, -0.1) is 0 Å². The Morgan fingerprint density at radius 1 is 0.923 bits per heavy atom. The minimum Gasteiger partial charge on any atom is -0.496 e. The third-order valence-electron chi connectivity index (χ3n) is 3.81. The van der Waals surface area contributed by atoms with Crippen LogP contribution in [0.15, 0.2) is 60.3 Å². The van der Waals surface area contributed by atoms with E-state index in [0.29, 0.717) is 11.4 Å². The molecule has 1 fully saturated rings. The molecule has 1 aliphatic heterocycles. The molecule has 26 heavy (non-hydrogen) atoms. The Labute approximate surface area is 151 Å². The lowest BCUT2D eigenvalue weighted by Crippen LogP contribution is -2.42. The third kappa shape index (κ3) is 3.54. The number of cyclic esters (lactones) is 2. The molecule has 1 N–H and O–H groups in total. The highest BCUT2D eigenvalue weighted by molar-refractivity contribution is 6.15. The van der Waals surface area contributed by atoms with Crippen LogP contribution in [0.2, 0.25) is 0 Å². The van der Waals surface area contributed by atoms with Crippen LogP contribution >= 0.6 is 0 Å². The van der Waals surface area contributed by atoms with Gasteiger partial charge in [0.1, 0.15) is 5.75 Å². The van der Waals surface area contributed by atoms with Crippen molar-refractivity contribution < 1.29 is 23.8 Å². The molecule has 3 rings (SSSR count). The van der Waals surface area contributed by atoms with E-state index in [4.69, 9.17) is 14.2 Å². The third-order valence-corrected chi connectivity index (χ3v) is 3.81. The van der Waals surface area contributed by atoms with Gasteiger partial charge in [0.2, 0.25) is 0 Å². The molecule has 0 unspecified atom stereocenters. The Kier molecular flexibility index (Phi) is 4.67. The maximum Gasteiger partial charge on any atom is 0.350 e. The largest absolute Gasteiger partial charge is 0.496 e. The Hall–Kier alpha value is -3.28. The highest BCUT2D eigenvalue weighted by Gasteiger charge is 2.38. The number of esters is 2. The molecule has 0 radical (unpaired) electrons. The van der Waals surface area contributed by atoms with E-state index in [-0.39, 0.29) is 5.57 Å². The fraction of sp³-hybridized carbons (Fsp3) is 0.200. The molecule has 0 amide bonds. The monoisotopic (exact) mass is 353 g/mol. The van der Waals surface area contributed by atoms with E-state index < -0.39 is 17.7 Å². The number of anilines is 1. The first-order valence-corrected chi connectivity index (χ1v) is 8.07. The molecule has 134 valence electrons. The average Bonchev–Trinajstić information content (AvgIpc) is 2.60. The van der Waals surface area contributed by atoms with E-state index in [9.17, 15) is 9.59 Å². The van der Waals surface area contributed by atoms with E-state index in [0.717, 1.165) is 11.1 Å². The van der Waals surface area contributed by atoms with Gasteiger partial charge in [-0.1, -0.05) is 36.4 Å². The van der Waals surface area contributed by atoms with Crippen molar-refractivity contribution in [2.45, 2.75) is 19.6 Å². The summed E-state index contributed by atoms with van der Waals surface area (Å²) in [7, 11) is 1.60. The Bertz CT molecular complexity index is 863. The molecular formula is C20H19NO5. The zero-order valence-corrected chi connectivity index (χ0v) is 14.7. The van der Waals surface area contributed by atoms with Crippen molar-refractivity contribution in [1.29, 1.82) is 0 Å². The van der Waals surface area contributed by atoms with Crippen LogP contribution in [0.3, 0.4) is 0 Å². The van der Waals surface area contributed by atoms with Gasteiger partial charge in [0.25, 0.3) is 5.79 Å². The molecule has 0 saturated carbocycles. The fourth-order valence-corrected chi connectivity index (χ4v) is 2.64. The first-order chi connectivity index (χ1) is 12.4. The standard InChI is InChI=1S/C20H19NO5/c1-20(2)25-18(22)15(19(23)26-20)12-21-16-10-6-4-8-13(16)14-9-5-7-11-17(14)24-3/h4-12,21H,1-3H3. The van der Waals surface area contributed by atoms with Crippen LogP contribution in [0.4, 0.5) is 5.69 Å². The molecule has 1 heterocycles. The summed E-state index contributed by atoms with van der Waals surface area (Å²) in [5.41, 5.74) is 2.25. The summed E-state index contributed by atoms with van der Waals surface area (Å²) in [4.78, 5) is 24.1. The molecule has 0 aliphatic carbocycles. The van der Waals surface area contributed by atoms with Crippen molar-refractivity contribution in [3.8, 4) is 16.9 Å². The minimum atomic E-state index is -1.26. The predicted molar refractivity (Wildman–Crippen MR) is 96.4 cm³/mol. The van der Waals surface area contributed by atoms with Gasteiger partial charge in [0.05, 0.1) is 7.11 Å². The van der Waals surface area contributed by atoms with Crippen LogP contribution in [-0.2, 0) is 19.1 Å². The van der Waals surface area contributed by atoms with Crippen LogP contribution in [0.25, 0.3) is 11.1 Å². The van der Waals surface area contributed by atoms with Crippen LogP contribution in [0.5, 0.6) is 5.75 Å². The van der Waals surface area contributed by atoms with Crippen LogP contribution in [0.1, 0.15) is 13.8 Å². The maximum absolute atomic E-state index is 12.0. The second-order valence-electron chi connectivity index (χ2n) is 6.13. The van der Waals surface area contributed by atoms with E-state index in [1.807, 2.05) is 48.5 Å². The Morgan fingerprint density at radius 3 is 2.15 bits per heavy atom. The Morgan fingerprint density at radius 2 is 1.50 bits per heavy atom. The first kappa shape index (κ1) is 17.5. The molecule has 0 bridgehead atoms. The van der Waals surface area contributed by atoms with Gasteiger partial charge in [-0.3, -0.25) is 0 Å². The number of methoxy groups -OCH3 is 1. The molecular weight excluding hydrogens is 334 g/mol. The quantitative estimate of drug-likeness (QED) is 0.515. The number of rotatable bonds is 4. The molecule has 0 aromatic heterocycles. The number of carbonyl (C=O) groups excluding carboxylic acids is 2. The molecule has 0 spiro atoms. The normalized spacial score (nSPS) is 15.7. The summed E-state index contributed by atoms with van der Waals surface area (Å²) in [6, 6.07) is 15.1. The van der Waals surface area contributed by atoms with Crippen LogP contribution in [0, 0.1) is 0 Å². The molecule has 1 aliphatic rings. The van der Waals surface area contributed by atoms with Crippen molar-refractivity contribution in [2.75, 3.05) is 12.4 Å². The second-order valence-corrected chi connectivity index (χ2v) is 6.13. The molecule has 0 atom stereocenters. The smallest absolute Gasteiger partial charge is 0.350 e. The highest BCUT2D eigenvalue weighted by atomic mass is 16.7. The van der Waals surface area contributed by atoms with Gasteiger partial charge >= 0.3 is 11.9 Å². The number of hydrogen-bond acceptors (Lipinski definition) is 6. The fourth-order valence-electron chi connectivity index (χ4n) is 2.64. The van der Waals surface area contributed by atoms with Gasteiger partial charge < -0.3 is 19.5 Å². The zero-order valence-electron chi connectivity index (χ0n) is 14.7. The summed E-state index contributed by atoms with van der Waals surface area (Å²) >= 11 is 0. The van der Waals surface area contributed by atoms with Crippen molar-refractivity contribution in [1.82, 2.24) is 0 Å². The van der Waals surface area contributed by atoms with Gasteiger partial charge in [-0.05, 0) is 12.1 Å². The molecule has 6 nitrogen and oxygen atoms in total. The summed E-state index contributed by atoms with van der Waals surface area (Å²) in [6.45, 7) is 3.01. The number of nitrogens with one attached hydrogen (secondary N) is 1. The van der Waals surface area contributed by atoms with Crippen molar-refractivity contribution in [2.24, 2.45) is 0 Å². The lowest BCUT2D eigenvalue weighted by atomic mass is 10.0. The molecule has 2 aromatic rings. The van der Waals surface area contributed by atoms with Crippen molar-refractivity contribution in [3.63, 3.8) is 0 Å². The average molecular weight is 353 g/mol. The summed E-state index contributed by atoms with van der Waals surface area (Å²) in [6.07, 6.45) is 1.30. The first-order valence-electron chi connectivity index (χ1n) is 8.07. The van der Waals surface area contributed by atoms with Gasteiger partial charge in [-0.25, -0.2) is 9.59 Å². The SMILES string of the molecule is COc1ccccc1-c1ccccc1NC=C1C(=O)OC(C)(C)OC1=O. The number of ether oxygens (including phenoxy) is 3. The second kappa shape index (κ2) is 6.92. The number of para-hydroxylation sites is 2. The van der Waals surface area contributed by atoms with E-state index in [1.165, 1.54) is 20.0 Å². The zero-order chi connectivity index (χ0) is 18.7. The molecule has 2 aromatic carbocycles. The number of benzene rings is 2. The van der Waals surface area contributed by atoms with Crippen molar-refractivity contribution >= 4 is 17.6 Å². The minimum absolute atomic E-state index is 0.195. The highest BCUT2D eigenvalue weighted by Crippen LogP contribution is 2.35. The summed E-state index contributed by atoms with van der Waals surface area (Å²) in [5.74, 6) is -2.00. The Balaban J connectivity index is 1.93. The van der Waals surface area contributed by atoms with Crippen molar-refractivity contribution in [3.05, 3.63) is 60.3 Å². The predicted octanol–water partition coefficient (Wildman–Crippen LogP) is 3.49. The number of carbonyl (C=O) groups is 2. The van der Waals surface area contributed by atoms with Gasteiger partial charge in [-0.2, -0.15) is 0 Å². The van der Waals surface area contributed by atoms with Gasteiger partial charge in [0.15, 0.2) is 5.57 Å². The topological polar surface area (TPSA) is 73.9 Å². The lowest BCUT2D eigenvalue weighted by Gasteiger charge is -2.29. The lowest BCUT2D eigenvalue weighted by molar-refractivity contribution is -0.222. The summed E-state index contributed by atoms with van der Waals surface area (Å²) in [5, 5.41) is 3.00. The van der Waals surface area contributed by atoms with Crippen LogP contribution < -0.4 is 10.1 Å². The maximum atomic E-state index is 12.0. The van der Waals surface area contributed by atoms with Crippen LogP contribution in [-0.4, -0.2) is 24.8 Å². The number of hydrogen-bond donors (Lipinski definition) is 1. The van der Waals surface area contributed by atoms with E-state index in [1.54, 1.807) is 7.11 Å². The van der Waals surface area contributed by atoms with E-state index >= 15 is 0 Å². The summed E-state index contributed by atoms with van der Waals surface area (Å²) < 4.78 is 15.6.